The fraction of sp³-hybridized carbons (Fsp3) is 0.375. The first-order valence-electron chi connectivity index (χ1n) is 10.7. The highest BCUT2D eigenvalue weighted by molar-refractivity contribution is 6.02. The van der Waals surface area contributed by atoms with Gasteiger partial charge in [-0.1, -0.05) is 26.0 Å². The molecule has 8 heteroatoms. The Morgan fingerprint density at radius 3 is 2.41 bits per heavy atom. The summed E-state index contributed by atoms with van der Waals surface area (Å²) in [6.07, 6.45) is 5.17. The second kappa shape index (κ2) is 7.63. The molecule has 2 heterocycles. The topological polar surface area (TPSA) is 128 Å². The molecule has 4 rings (SSSR count). The minimum Gasteiger partial charge on any atom is -0.379 e. The molecule has 0 radical (unpaired) electrons. The molecule has 3 aromatic rings. The Hall–Kier alpha value is -3.39. The number of carbonyl (C=O) groups is 2. The minimum atomic E-state index is -0.536. The average Bonchev–Trinajstić information content (AvgIpc) is 3.27. The number of rotatable bonds is 5. The number of nitrogens with zero attached hydrogens (tertiary/aromatic N) is 2. The fourth-order valence-electron chi connectivity index (χ4n) is 4.46. The third kappa shape index (κ3) is 3.50. The van der Waals surface area contributed by atoms with Gasteiger partial charge in [-0.05, 0) is 43.5 Å². The van der Waals surface area contributed by atoms with Gasteiger partial charge in [0.15, 0.2) is 0 Å². The average molecular weight is 435 g/mol. The fourth-order valence-corrected chi connectivity index (χ4v) is 4.46. The molecule has 2 aromatic heterocycles. The van der Waals surface area contributed by atoms with Crippen molar-refractivity contribution in [1.29, 1.82) is 0 Å². The first kappa shape index (κ1) is 21.8. The van der Waals surface area contributed by atoms with E-state index in [1.807, 2.05) is 24.4 Å². The lowest BCUT2D eigenvalue weighted by Crippen LogP contribution is -2.51. The summed E-state index contributed by atoms with van der Waals surface area (Å²) in [5.41, 5.74) is 15.9. The molecule has 2 amide bonds. The molecular formula is C24H30N6O2. The van der Waals surface area contributed by atoms with Crippen molar-refractivity contribution in [3.05, 3.63) is 53.9 Å². The number of hydrogen-bond acceptors (Lipinski definition) is 5. The van der Waals surface area contributed by atoms with Crippen LogP contribution in [0, 0.1) is 5.41 Å². The van der Waals surface area contributed by atoms with E-state index in [0.717, 1.165) is 29.5 Å². The minimum absolute atomic E-state index is 0.0759. The van der Waals surface area contributed by atoms with Crippen molar-refractivity contribution in [1.82, 2.24) is 14.9 Å². The van der Waals surface area contributed by atoms with Gasteiger partial charge in [-0.25, -0.2) is 4.52 Å². The van der Waals surface area contributed by atoms with E-state index < -0.39 is 5.91 Å². The van der Waals surface area contributed by atoms with Gasteiger partial charge in [0.25, 0.3) is 11.8 Å². The highest BCUT2D eigenvalue weighted by atomic mass is 16.1. The predicted octanol–water partition coefficient (Wildman–Crippen LogP) is 2.78. The van der Waals surface area contributed by atoms with Crippen molar-refractivity contribution in [2.45, 2.75) is 45.2 Å². The van der Waals surface area contributed by atoms with Crippen LogP contribution in [0.5, 0.6) is 0 Å². The highest BCUT2D eigenvalue weighted by Crippen LogP contribution is 2.46. The van der Waals surface area contributed by atoms with Gasteiger partial charge in [0, 0.05) is 41.4 Å². The molecule has 168 valence electrons. The van der Waals surface area contributed by atoms with E-state index in [1.54, 1.807) is 23.7 Å². The van der Waals surface area contributed by atoms with Crippen molar-refractivity contribution >= 4 is 23.0 Å². The molecule has 1 fully saturated rings. The van der Waals surface area contributed by atoms with Gasteiger partial charge in [0.2, 0.25) is 0 Å². The summed E-state index contributed by atoms with van der Waals surface area (Å²) in [6, 6.07) is 9.39. The van der Waals surface area contributed by atoms with Crippen molar-refractivity contribution in [2.75, 3.05) is 12.4 Å². The van der Waals surface area contributed by atoms with Gasteiger partial charge in [-0.2, -0.15) is 5.10 Å². The van der Waals surface area contributed by atoms with Crippen LogP contribution in [-0.2, 0) is 0 Å². The largest absolute Gasteiger partial charge is 0.379 e. The number of amides is 2. The molecule has 0 unspecified atom stereocenters. The maximum Gasteiger partial charge on any atom is 0.252 e. The van der Waals surface area contributed by atoms with E-state index >= 15 is 0 Å². The smallest absolute Gasteiger partial charge is 0.252 e. The third-order valence-electron chi connectivity index (χ3n) is 7.22. The van der Waals surface area contributed by atoms with E-state index in [0.29, 0.717) is 16.8 Å². The van der Waals surface area contributed by atoms with Gasteiger partial charge in [-0.3, -0.25) is 9.59 Å². The summed E-state index contributed by atoms with van der Waals surface area (Å²) in [5.74, 6) is -0.671. The number of aromatic nitrogens is 2. The van der Waals surface area contributed by atoms with Gasteiger partial charge >= 0.3 is 0 Å². The maximum atomic E-state index is 12.2. The number of nitrogens with two attached hydrogens (primary N) is 2. The summed E-state index contributed by atoms with van der Waals surface area (Å²) in [5, 5.41) is 10.6. The molecule has 0 spiro atoms. The maximum absolute atomic E-state index is 12.2. The number of primary amides is 1. The molecule has 1 aliphatic carbocycles. The second-order valence-electron chi connectivity index (χ2n) is 9.39. The molecular weight excluding hydrogens is 404 g/mol. The van der Waals surface area contributed by atoms with Crippen LogP contribution in [0.15, 0.2) is 42.7 Å². The Kier molecular flexibility index (Phi) is 5.21. The summed E-state index contributed by atoms with van der Waals surface area (Å²) in [6.45, 7) is 6.37. The van der Waals surface area contributed by atoms with Crippen LogP contribution >= 0.6 is 0 Å². The van der Waals surface area contributed by atoms with Crippen molar-refractivity contribution in [2.24, 2.45) is 16.9 Å². The molecule has 0 bridgehead atoms. The van der Waals surface area contributed by atoms with E-state index in [2.05, 4.69) is 36.5 Å². The number of benzene rings is 1. The third-order valence-corrected chi connectivity index (χ3v) is 7.22. The Morgan fingerprint density at radius 2 is 1.84 bits per heavy atom. The van der Waals surface area contributed by atoms with Gasteiger partial charge in [-0.15, -0.1) is 0 Å². The zero-order valence-corrected chi connectivity index (χ0v) is 18.9. The molecule has 1 aliphatic rings. The molecule has 1 aromatic carbocycles. The number of carbonyl (C=O) groups excluding carboxylic acids is 2. The summed E-state index contributed by atoms with van der Waals surface area (Å²) >= 11 is 0. The number of fused-ring (bicyclic) bond motifs is 1. The van der Waals surface area contributed by atoms with Crippen LogP contribution in [0.2, 0.25) is 0 Å². The molecule has 1 saturated carbocycles. The van der Waals surface area contributed by atoms with Gasteiger partial charge < -0.3 is 22.1 Å². The normalized spacial score (nSPS) is 22.1. The van der Waals surface area contributed by atoms with Crippen LogP contribution in [0.4, 0.5) is 5.69 Å². The zero-order chi connectivity index (χ0) is 23.3. The second-order valence-corrected chi connectivity index (χ2v) is 9.39. The van der Waals surface area contributed by atoms with Crippen molar-refractivity contribution in [3.63, 3.8) is 0 Å². The predicted molar refractivity (Wildman–Crippen MR) is 126 cm³/mol. The van der Waals surface area contributed by atoms with E-state index in [-0.39, 0.29) is 22.9 Å². The van der Waals surface area contributed by atoms with Crippen molar-refractivity contribution < 1.29 is 9.59 Å². The standard InChI is InChI=1S/C24H30N6O2/c1-23(2)19(9-10-24(23,3)26)29-20-17(21(25)31)12-28-30-13-16(11-18(20)30)14-5-7-15(8-6-14)22(32)27-4/h5-8,11-13,19,29H,9-10,26H2,1-4H3,(H2,25,31)(H,27,32)/t19-,24+/m1/s1. The Bertz CT molecular complexity index is 1190. The van der Waals surface area contributed by atoms with Gasteiger partial charge in [0.05, 0.1) is 23.0 Å². The van der Waals surface area contributed by atoms with Crippen LogP contribution in [-0.4, -0.2) is 40.1 Å². The zero-order valence-electron chi connectivity index (χ0n) is 18.9. The molecule has 2 atom stereocenters. The Balaban J connectivity index is 1.77. The molecule has 32 heavy (non-hydrogen) atoms. The Morgan fingerprint density at radius 1 is 1.16 bits per heavy atom. The van der Waals surface area contributed by atoms with Crippen LogP contribution in [0.3, 0.4) is 0 Å². The summed E-state index contributed by atoms with van der Waals surface area (Å²) in [4.78, 5) is 24.0. The summed E-state index contributed by atoms with van der Waals surface area (Å²) < 4.78 is 1.74. The lowest BCUT2D eigenvalue weighted by atomic mass is 9.75. The molecule has 0 aliphatic heterocycles. The summed E-state index contributed by atoms with van der Waals surface area (Å²) in [7, 11) is 1.60. The van der Waals surface area contributed by atoms with E-state index in [4.69, 9.17) is 11.5 Å². The SMILES string of the molecule is CNC(=O)c1ccc(-c2cc3c(N[C@@H]4CC[C@](C)(N)C4(C)C)c(C(N)=O)cnn3c2)cc1. The van der Waals surface area contributed by atoms with Crippen LogP contribution < -0.4 is 22.1 Å². The first-order chi connectivity index (χ1) is 15.0. The lowest BCUT2D eigenvalue weighted by molar-refractivity contribution is 0.0961. The number of hydrogen-bond donors (Lipinski definition) is 4. The number of anilines is 1. The van der Waals surface area contributed by atoms with E-state index in [1.165, 1.54) is 6.20 Å². The molecule has 6 N–H and O–H groups in total. The van der Waals surface area contributed by atoms with Crippen LogP contribution in [0.25, 0.3) is 16.6 Å². The van der Waals surface area contributed by atoms with Crippen LogP contribution in [0.1, 0.15) is 54.3 Å². The monoisotopic (exact) mass is 434 g/mol. The quantitative estimate of drug-likeness (QED) is 0.491. The van der Waals surface area contributed by atoms with E-state index in [9.17, 15) is 9.59 Å². The van der Waals surface area contributed by atoms with Gasteiger partial charge in [0.1, 0.15) is 0 Å². The molecule has 8 nitrogen and oxygen atoms in total. The number of nitrogens with one attached hydrogen (secondary N) is 2. The highest BCUT2D eigenvalue weighted by Gasteiger charge is 2.49. The molecule has 0 saturated heterocycles. The van der Waals surface area contributed by atoms with Crippen molar-refractivity contribution in [3.8, 4) is 11.1 Å². The lowest BCUT2D eigenvalue weighted by Gasteiger charge is -2.39. The first-order valence-corrected chi connectivity index (χ1v) is 10.7. The Labute approximate surface area is 187 Å².